The van der Waals surface area contributed by atoms with E-state index in [-0.39, 0.29) is 10.5 Å². The monoisotopic (exact) mass is 234 g/mol. The molecule has 86 valence electrons. The standard InChI is InChI=1S/C14H18OS/c1-5-12(14(2,3)4)10-8-6-7-9-11(10)13(15)16/h5-9H,1-4H3,(H,15,16). The van der Waals surface area contributed by atoms with Crippen molar-refractivity contribution in [3.63, 3.8) is 0 Å². The summed E-state index contributed by atoms with van der Waals surface area (Å²) in [6.45, 7) is 8.42. The average molecular weight is 234 g/mol. The van der Waals surface area contributed by atoms with Crippen LogP contribution in [0, 0.1) is 5.41 Å². The minimum atomic E-state index is -0.181. The van der Waals surface area contributed by atoms with Crippen LogP contribution < -0.4 is 0 Å². The maximum atomic E-state index is 11.5. The Balaban J connectivity index is 3.38. The van der Waals surface area contributed by atoms with E-state index in [9.17, 15) is 4.79 Å². The van der Waals surface area contributed by atoms with Gasteiger partial charge in [0.1, 0.15) is 0 Å². The fraction of sp³-hybridized carbons (Fsp3) is 0.357. The van der Waals surface area contributed by atoms with Crippen molar-refractivity contribution in [3.8, 4) is 0 Å². The van der Waals surface area contributed by atoms with Crippen molar-refractivity contribution in [2.45, 2.75) is 27.7 Å². The van der Waals surface area contributed by atoms with E-state index >= 15 is 0 Å². The highest BCUT2D eigenvalue weighted by atomic mass is 32.1. The molecule has 0 atom stereocenters. The summed E-state index contributed by atoms with van der Waals surface area (Å²) in [6.07, 6.45) is 2.07. The molecule has 0 aliphatic heterocycles. The summed E-state index contributed by atoms with van der Waals surface area (Å²) in [4.78, 5) is 11.5. The van der Waals surface area contributed by atoms with E-state index in [0.717, 1.165) is 5.56 Å². The lowest BCUT2D eigenvalue weighted by Gasteiger charge is -2.24. The zero-order chi connectivity index (χ0) is 12.3. The molecule has 0 radical (unpaired) electrons. The lowest BCUT2D eigenvalue weighted by atomic mass is 9.80. The lowest BCUT2D eigenvalue weighted by molar-refractivity contribution is 0.109. The molecule has 0 heterocycles. The molecular weight excluding hydrogens is 216 g/mol. The molecule has 1 aromatic carbocycles. The summed E-state index contributed by atoms with van der Waals surface area (Å²) < 4.78 is 0. The van der Waals surface area contributed by atoms with Crippen LogP contribution in [-0.2, 0) is 0 Å². The Morgan fingerprint density at radius 1 is 1.19 bits per heavy atom. The zero-order valence-electron chi connectivity index (χ0n) is 10.2. The van der Waals surface area contributed by atoms with Gasteiger partial charge in [-0.3, -0.25) is 4.79 Å². The van der Waals surface area contributed by atoms with Crippen LogP contribution in [0.3, 0.4) is 0 Å². The van der Waals surface area contributed by atoms with E-state index in [1.54, 1.807) is 0 Å². The Kier molecular flexibility index (Phi) is 3.98. The second kappa shape index (κ2) is 4.88. The topological polar surface area (TPSA) is 17.1 Å². The number of benzene rings is 1. The number of allylic oxidation sites excluding steroid dienone is 2. The van der Waals surface area contributed by atoms with Gasteiger partial charge < -0.3 is 0 Å². The predicted octanol–water partition coefficient (Wildman–Crippen LogP) is 4.21. The van der Waals surface area contributed by atoms with Crippen molar-refractivity contribution >= 4 is 23.3 Å². The molecule has 0 saturated heterocycles. The molecule has 0 aliphatic rings. The number of hydrogen-bond acceptors (Lipinski definition) is 1. The molecule has 0 unspecified atom stereocenters. The van der Waals surface area contributed by atoms with Crippen LogP contribution in [0.25, 0.3) is 5.57 Å². The third-order valence-electron chi connectivity index (χ3n) is 2.54. The number of rotatable bonds is 2. The van der Waals surface area contributed by atoms with Gasteiger partial charge in [0.25, 0.3) is 0 Å². The van der Waals surface area contributed by atoms with Crippen LogP contribution in [-0.4, -0.2) is 5.12 Å². The van der Waals surface area contributed by atoms with Crippen molar-refractivity contribution in [1.82, 2.24) is 0 Å². The van der Waals surface area contributed by atoms with E-state index < -0.39 is 0 Å². The first kappa shape index (κ1) is 13.0. The first-order chi connectivity index (χ1) is 7.38. The van der Waals surface area contributed by atoms with E-state index in [1.165, 1.54) is 5.57 Å². The number of carbonyl (C=O) groups is 1. The molecule has 0 saturated carbocycles. The Hall–Kier alpha value is -1.02. The fourth-order valence-corrected chi connectivity index (χ4v) is 2.09. The molecule has 0 N–H and O–H groups in total. The van der Waals surface area contributed by atoms with E-state index in [4.69, 9.17) is 0 Å². The maximum Gasteiger partial charge on any atom is 0.216 e. The molecule has 1 nitrogen and oxygen atoms in total. The third kappa shape index (κ3) is 2.76. The first-order valence-corrected chi connectivity index (χ1v) is 5.82. The predicted molar refractivity (Wildman–Crippen MR) is 72.9 cm³/mol. The Bertz CT molecular complexity index is 425. The van der Waals surface area contributed by atoms with Gasteiger partial charge in [-0.2, -0.15) is 0 Å². The van der Waals surface area contributed by atoms with Crippen LogP contribution in [0.1, 0.15) is 43.6 Å². The zero-order valence-corrected chi connectivity index (χ0v) is 11.1. The largest absolute Gasteiger partial charge is 0.282 e. The van der Waals surface area contributed by atoms with E-state index in [0.29, 0.717) is 5.56 Å². The van der Waals surface area contributed by atoms with Crippen molar-refractivity contribution in [2.24, 2.45) is 5.41 Å². The summed E-state index contributed by atoms with van der Waals surface area (Å²) in [5.74, 6) is 0. The summed E-state index contributed by atoms with van der Waals surface area (Å²) in [5.41, 5.74) is 2.85. The van der Waals surface area contributed by atoms with E-state index in [1.807, 2.05) is 31.2 Å². The number of hydrogen-bond donors (Lipinski definition) is 1. The van der Waals surface area contributed by atoms with Crippen molar-refractivity contribution in [3.05, 3.63) is 41.5 Å². The molecule has 1 rings (SSSR count). The first-order valence-electron chi connectivity index (χ1n) is 5.37. The smallest absolute Gasteiger partial charge is 0.216 e. The Morgan fingerprint density at radius 2 is 1.69 bits per heavy atom. The lowest BCUT2D eigenvalue weighted by Crippen LogP contribution is -2.10. The van der Waals surface area contributed by atoms with Crippen LogP contribution in [0.4, 0.5) is 0 Å². The van der Waals surface area contributed by atoms with Crippen LogP contribution >= 0.6 is 12.6 Å². The minimum absolute atomic E-state index is 0.0219. The van der Waals surface area contributed by atoms with Crippen LogP contribution in [0.2, 0.25) is 0 Å². The SMILES string of the molecule is CC=C(c1ccccc1C(=O)S)C(C)(C)C. The van der Waals surface area contributed by atoms with Crippen LogP contribution in [0.5, 0.6) is 0 Å². The average Bonchev–Trinajstić information content (AvgIpc) is 2.17. The maximum absolute atomic E-state index is 11.5. The molecule has 0 aromatic heterocycles. The molecular formula is C14H18OS. The summed E-state index contributed by atoms with van der Waals surface area (Å²) in [5, 5.41) is -0.181. The second-order valence-corrected chi connectivity index (χ2v) is 5.21. The number of thiol groups is 1. The van der Waals surface area contributed by atoms with Gasteiger partial charge in [-0.25, -0.2) is 0 Å². The summed E-state index contributed by atoms with van der Waals surface area (Å²) in [6, 6.07) is 7.61. The van der Waals surface area contributed by atoms with Gasteiger partial charge in [0.15, 0.2) is 0 Å². The second-order valence-electron chi connectivity index (χ2n) is 4.80. The van der Waals surface area contributed by atoms with Crippen molar-refractivity contribution in [2.75, 3.05) is 0 Å². The van der Waals surface area contributed by atoms with Gasteiger partial charge in [-0.1, -0.05) is 45.0 Å². The Labute approximate surface area is 103 Å². The molecule has 0 fully saturated rings. The van der Waals surface area contributed by atoms with Crippen molar-refractivity contribution in [1.29, 1.82) is 0 Å². The molecule has 0 aliphatic carbocycles. The van der Waals surface area contributed by atoms with Gasteiger partial charge in [0.05, 0.1) is 0 Å². The highest BCUT2D eigenvalue weighted by Gasteiger charge is 2.21. The van der Waals surface area contributed by atoms with Crippen LogP contribution in [0.15, 0.2) is 30.3 Å². The molecule has 0 spiro atoms. The molecule has 0 amide bonds. The van der Waals surface area contributed by atoms with Gasteiger partial charge in [0, 0.05) is 5.56 Å². The highest BCUT2D eigenvalue weighted by Crippen LogP contribution is 2.35. The normalized spacial score (nSPS) is 12.7. The Morgan fingerprint density at radius 3 is 2.06 bits per heavy atom. The van der Waals surface area contributed by atoms with E-state index in [2.05, 4.69) is 39.5 Å². The van der Waals surface area contributed by atoms with Crippen molar-refractivity contribution < 1.29 is 4.79 Å². The van der Waals surface area contributed by atoms with Gasteiger partial charge >= 0.3 is 0 Å². The summed E-state index contributed by atoms with van der Waals surface area (Å²) in [7, 11) is 0. The molecule has 2 heteroatoms. The third-order valence-corrected chi connectivity index (χ3v) is 2.79. The highest BCUT2D eigenvalue weighted by molar-refractivity contribution is 7.97. The molecule has 16 heavy (non-hydrogen) atoms. The van der Waals surface area contributed by atoms with Gasteiger partial charge in [0.2, 0.25) is 5.12 Å². The van der Waals surface area contributed by atoms with Gasteiger partial charge in [-0.15, -0.1) is 12.6 Å². The minimum Gasteiger partial charge on any atom is -0.282 e. The molecule has 0 bridgehead atoms. The number of carbonyl (C=O) groups excluding carboxylic acids is 1. The molecule has 1 aromatic rings. The fourth-order valence-electron chi connectivity index (χ4n) is 1.90. The van der Waals surface area contributed by atoms with Gasteiger partial charge in [-0.05, 0) is 29.5 Å². The summed E-state index contributed by atoms with van der Waals surface area (Å²) >= 11 is 3.92. The quantitative estimate of drug-likeness (QED) is 0.759.